The summed E-state index contributed by atoms with van der Waals surface area (Å²) in [6.07, 6.45) is 18.7. The van der Waals surface area contributed by atoms with Gasteiger partial charge in [0.15, 0.2) is 0 Å². The fourth-order valence-electron chi connectivity index (χ4n) is 5.05. The number of halogens is 5. The summed E-state index contributed by atoms with van der Waals surface area (Å²) in [5.74, 6) is -14.5. The van der Waals surface area contributed by atoms with E-state index in [0.29, 0.717) is 25.8 Å². The number of nitrogens with zero attached hydrogens (tertiary/aromatic N) is 4. The van der Waals surface area contributed by atoms with E-state index in [1.807, 2.05) is 78.1 Å². The van der Waals surface area contributed by atoms with Crippen LogP contribution < -0.4 is 4.74 Å². The van der Waals surface area contributed by atoms with Crippen LogP contribution in [0, 0.1) is 29.1 Å². The minimum absolute atomic E-state index is 0.254. The van der Waals surface area contributed by atoms with Gasteiger partial charge >= 0.3 is 11.9 Å². The molecular weight excluding hydrogens is 623 g/mol. The highest BCUT2D eigenvalue weighted by Gasteiger charge is 2.31. The number of aliphatic carboxylic acids is 1. The molecule has 0 saturated carbocycles. The SMILES string of the molecule is O=C(O)[C@H](CCCCn1cccc1)n1cccc1.O=C(Oc1c(F)c(F)c(F)c(F)c1F)[C@H](CCCCn1cccc1)n1cccc1. The molecule has 5 aromatic rings. The molecule has 0 radical (unpaired) electrons. The summed E-state index contributed by atoms with van der Waals surface area (Å²) < 4.78 is 79.4. The van der Waals surface area contributed by atoms with Crippen molar-refractivity contribution in [1.82, 2.24) is 18.3 Å². The fraction of sp³-hybridized carbons (Fsp3) is 0.294. The number of carboxylic acid groups (broad SMARTS) is 1. The molecule has 0 amide bonds. The molecule has 0 aliphatic heterocycles. The molecule has 250 valence electrons. The van der Waals surface area contributed by atoms with Crippen LogP contribution in [-0.2, 0) is 22.7 Å². The van der Waals surface area contributed by atoms with Crippen molar-refractivity contribution in [3.63, 3.8) is 0 Å². The molecule has 1 N–H and O–H groups in total. The second kappa shape index (κ2) is 17.0. The average Bonchev–Trinajstić information content (AvgIpc) is 3.90. The Kier molecular flexibility index (Phi) is 12.6. The van der Waals surface area contributed by atoms with Crippen LogP contribution in [0.2, 0.25) is 0 Å². The number of ether oxygens (including phenoxy) is 1. The number of aromatic nitrogens is 4. The van der Waals surface area contributed by atoms with Crippen molar-refractivity contribution in [3.8, 4) is 5.75 Å². The van der Waals surface area contributed by atoms with E-state index in [-0.39, 0.29) is 6.42 Å². The Hall–Kier alpha value is -5.07. The zero-order valence-corrected chi connectivity index (χ0v) is 25.4. The zero-order chi connectivity index (χ0) is 33.8. The molecular formula is C34H35F5N4O4. The smallest absolute Gasteiger partial charge is 0.334 e. The summed E-state index contributed by atoms with van der Waals surface area (Å²) >= 11 is 0. The van der Waals surface area contributed by atoms with Gasteiger partial charge in [-0.3, -0.25) is 0 Å². The van der Waals surface area contributed by atoms with E-state index in [2.05, 4.69) is 9.30 Å². The molecule has 0 fully saturated rings. The molecule has 0 bridgehead atoms. The highest BCUT2D eigenvalue weighted by Crippen LogP contribution is 2.31. The first kappa shape index (κ1) is 34.8. The number of esters is 1. The Bertz CT molecular complexity index is 1640. The molecule has 0 saturated heterocycles. The van der Waals surface area contributed by atoms with Gasteiger partial charge in [-0.2, -0.15) is 8.78 Å². The largest absolute Gasteiger partial charge is 0.480 e. The van der Waals surface area contributed by atoms with Gasteiger partial charge in [0.1, 0.15) is 12.1 Å². The molecule has 2 atom stereocenters. The molecule has 4 aromatic heterocycles. The summed E-state index contributed by atoms with van der Waals surface area (Å²) in [5.41, 5.74) is 0. The van der Waals surface area contributed by atoms with E-state index in [1.165, 1.54) is 4.57 Å². The molecule has 0 spiro atoms. The van der Waals surface area contributed by atoms with Crippen LogP contribution >= 0.6 is 0 Å². The maximum absolute atomic E-state index is 13.8. The van der Waals surface area contributed by atoms with Gasteiger partial charge in [-0.25, -0.2) is 22.8 Å². The molecule has 0 aliphatic carbocycles. The van der Waals surface area contributed by atoms with E-state index in [0.717, 1.165) is 19.4 Å². The maximum Gasteiger partial charge on any atom is 0.334 e. The second-order valence-corrected chi connectivity index (χ2v) is 10.8. The number of hydrogen-bond donors (Lipinski definition) is 1. The number of benzene rings is 1. The molecule has 5 rings (SSSR count). The van der Waals surface area contributed by atoms with E-state index in [1.54, 1.807) is 29.1 Å². The molecule has 0 aliphatic rings. The van der Waals surface area contributed by atoms with Crippen molar-refractivity contribution in [2.24, 2.45) is 0 Å². The second-order valence-electron chi connectivity index (χ2n) is 10.8. The van der Waals surface area contributed by atoms with Crippen LogP contribution in [-0.4, -0.2) is 35.3 Å². The van der Waals surface area contributed by atoms with Crippen LogP contribution in [0.25, 0.3) is 0 Å². The van der Waals surface area contributed by atoms with Gasteiger partial charge in [0.2, 0.25) is 34.8 Å². The summed E-state index contributed by atoms with van der Waals surface area (Å²) in [5, 5.41) is 9.20. The van der Waals surface area contributed by atoms with Gasteiger partial charge in [0.05, 0.1) is 0 Å². The lowest BCUT2D eigenvalue weighted by Gasteiger charge is -2.18. The van der Waals surface area contributed by atoms with Crippen molar-refractivity contribution < 1.29 is 41.4 Å². The van der Waals surface area contributed by atoms with Crippen molar-refractivity contribution in [2.75, 3.05) is 0 Å². The van der Waals surface area contributed by atoms with E-state index >= 15 is 0 Å². The lowest BCUT2D eigenvalue weighted by atomic mass is 10.1. The number of aryl methyl sites for hydroxylation is 2. The zero-order valence-electron chi connectivity index (χ0n) is 25.4. The number of rotatable bonds is 15. The third-order valence-corrected chi connectivity index (χ3v) is 7.52. The number of carbonyl (C=O) groups is 2. The molecule has 1 aromatic carbocycles. The van der Waals surface area contributed by atoms with Gasteiger partial charge in [-0.1, -0.05) is 0 Å². The van der Waals surface area contributed by atoms with Crippen molar-refractivity contribution in [3.05, 3.63) is 127 Å². The van der Waals surface area contributed by atoms with Crippen LogP contribution in [0.5, 0.6) is 5.75 Å². The lowest BCUT2D eigenvalue weighted by Crippen LogP contribution is -2.25. The fourth-order valence-corrected chi connectivity index (χ4v) is 5.05. The Morgan fingerprint density at radius 1 is 0.553 bits per heavy atom. The number of hydrogen-bond acceptors (Lipinski definition) is 3. The molecule has 13 heteroatoms. The highest BCUT2D eigenvalue weighted by molar-refractivity contribution is 5.77. The van der Waals surface area contributed by atoms with Crippen LogP contribution in [0.3, 0.4) is 0 Å². The topological polar surface area (TPSA) is 83.3 Å². The van der Waals surface area contributed by atoms with Crippen LogP contribution in [0.4, 0.5) is 22.0 Å². The summed E-state index contributed by atoms with van der Waals surface area (Å²) in [6, 6.07) is 13.3. The van der Waals surface area contributed by atoms with Gasteiger partial charge in [-0.15, -0.1) is 0 Å². The average molecular weight is 659 g/mol. The molecule has 0 unspecified atom stereocenters. The highest BCUT2D eigenvalue weighted by atomic mass is 19.2. The number of carbonyl (C=O) groups excluding carboxylic acids is 1. The van der Waals surface area contributed by atoms with Gasteiger partial charge in [-0.05, 0) is 87.1 Å². The predicted octanol–water partition coefficient (Wildman–Crippen LogP) is 7.79. The number of carboxylic acids is 1. The number of unbranched alkanes of at least 4 members (excludes halogenated alkanes) is 2. The van der Waals surface area contributed by atoms with E-state index in [9.17, 15) is 36.6 Å². The summed E-state index contributed by atoms with van der Waals surface area (Å²) in [6.45, 7) is 1.66. The molecule has 4 heterocycles. The van der Waals surface area contributed by atoms with Crippen molar-refractivity contribution in [2.45, 2.75) is 63.7 Å². The first-order valence-electron chi connectivity index (χ1n) is 15.1. The van der Waals surface area contributed by atoms with E-state index < -0.39 is 58.9 Å². The van der Waals surface area contributed by atoms with E-state index in [4.69, 9.17) is 0 Å². The minimum atomic E-state index is -2.31. The minimum Gasteiger partial charge on any atom is -0.480 e. The van der Waals surface area contributed by atoms with Crippen LogP contribution in [0.15, 0.2) is 98.1 Å². The first-order chi connectivity index (χ1) is 22.7. The van der Waals surface area contributed by atoms with Crippen LogP contribution in [0.1, 0.15) is 50.6 Å². The van der Waals surface area contributed by atoms with Crippen molar-refractivity contribution in [1.29, 1.82) is 0 Å². The van der Waals surface area contributed by atoms with Gasteiger partial charge in [0, 0.05) is 62.7 Å². The summed E-state index contributed by atoms with van der Waals surface area (Å²) in [4.78, 5) is 23.7. The maximum atomic E-state index is 13.8. The standard InChI is InChI=1S/C20H17F5N2O2.C14H18N2O2/c21-14-15(22)17(24)19(18(25)16(14)23)29-20(28)13(27-11-5-6-12-27)7-1-2-8-26-9-3-4-10-26;17-14(18)13(16-11-5-6-12-16)7-1-2-8-15-9-3-4-10-15/h3-6,9-13H,1-2,7-8H2;3-6,9-13H,1-2,7-8H2,(H,17,18)/t2*13-/m00/s1. The Morgan fingerprint density at radius 3 is 1.34 bits per heavy atom. The molecule has 47 heavy (non-hydrogen) atoms. The Labute approximate surface area is 268 Å². The normalized spacial score (nSPS) is 12.3. The monoisotopic (exact) mass is 658 g/mol. The molecule has 8 nitrogen and oxygen atoms in total. The third-order valence-electron chi connectivity index (χ3n) is 7.52. The third kappa shape index (κ3) is 9.47. The van der Waals surface area contributed by atoms with Gasteiger partial charge in [0.25, 0.3) is 0 Å². The van der Waals surface area contributed by atoms with Crippen molar-refractivity contribution >= 4 is 11.9 Å². The summed E-state index contributed by atoms with van der Waals surface area (Å²) in [7, 11) is 0. The Balaban J connectivity index is 0.000000238. The van der Waals surface area contributed by atoms with Gasteiger partial charge < -0.3 is 28.1 Å². The first-order valence-corrected chi connectivity index (χ1v) is 15.1. The predicted molar refractivity (Wildman–Crippen MR) is 163 cm³/mol. The Morgan fingerprint density at radius 2 is 0.915 bits per heavy atom. The lowest BCUT2D eigenvalue weighted by molar-refractivity contribution is -0.141. The quantitative estimate of drug-likeness (QED) is 0.0311.